The Labute approximate surface area is 227 Å². The summed E-state index contributed by atoms with van der Waals surface area (Å²) in [6.07, 6.45) is 2.48. The van der Waals surface area contributed by atoms with Crippen LogP contribution in [0.1, 0.15) is 51.0 Å². The SMILES string of the molecule is Cc1cnc(-c2cccc(C(=O)N(C)C)c2F)cc1-n1c(C)cc([C@H]2C[C@@H]2c2ccc(F)cc2)c(Br)c1=O. The molecule has 1 aliphatic rings. The number of hydrogen-bond donors (Lipinski definition) is 0. The van der Waals surface area contributed by atoms with E-state index in [1.165, 1.54) is 23.1 Å². The Bertz CT molecular complexity index is 1630. The number of aryl methyl sites for hydroxylation is 2. The van der Waals surface area contributed by atoms with Crippen LogP contribution >= 0.6 is 15.9 Å². The Morgan fingerprint density at radius 3 is 2.45 bits per heavy atom. The zero-order valence-corrected chi connectivity index (χ0v) is 23.0. The first-order chi connectivity index (χ1) is 18.1. The van der Waals surface area contributed by atoms with Crippen molar-refractivity contribution in [2.45, 2.75) is 32.1 Å². The largest absolute Gasteiger partial charge is 0.345 e. The first-order valence-electron chi connectivity index (χ1n) is 12.2. The van der Waals surface area contributed by atoms with E-state index in [0.717, 1.165) is 28.8 Å². The predicted octanol–water partition coefficient (Wildman–Crippen LogP) is 6.53. The molecule has 0 bridgehead atoms. The highest BCUT2D eigenvalue weighted by molar-refractivity contribution is 9.10. The summed E-state index contributed by atoms with van der Waals surface area (Å²) >= 11 is 3.54. The first kappa shape index (κ1) is 26.0. The fraction of sp³-hybridized carbons (Fsp3) is 0.233. The van der Waals surface area contributed by atoms with Crippen molar-refractivity contribution in [3.05, 3.63) is 115 Å². The van der Waals surface area contributed by atoms with Crippen LogP contribution in [0, 0.1) is 25.5 Å². The molecule has 1 saturated carbocycles. The maximum absolute atomic E-state index is 15.4. The number of halogens is 3. The minimum Gasteiger partial charge on any atom is -0.345 e. The van der Waals surface area contributed by atoms with E-state index in [1.807, 2.05) is 19.9 Å². The van der Waals surface area contributed by atoms with Gasteiger partial charge in [0.05, 0.1) is 21.4 Å². The van der Waals surface area contributed by atoms with Gasteiger partial charge in [0.15, 0.2) is 0 Å². The monoisotopic (exact) mass is 577 g/mol. The molecule has 4 aromatic rings. The molecule has 8 heteroatoms. The number of pyridine rings is 2. The van der Waals surface area contributed by atoms with Crippen molar-refractivity contribution < 1.29 is 13.6 Å². The number of carbonyl (C=O) groups excluding carboxylic acids is 1. The van der Waals surface area contributed by atoms with Crippen molar-refractivity contribution in [2.24, 2.45) is 0 Å². The van der Waals surface area contributed by atoms with E-state index < -0.39 is 11.7 Å². The van der Waals surface area contributed by atoms with Crippen LogP contribution in [0.5, 0.6) is 0 Å². The summed E-state index contributed by atoms with van der Waals surface area (Å²) in [5.74, 6) is -0.975. The lowest BCUT2D eigenvalue weighted by Crippen LogP contribution is -2.24. The van der Waals surface area contributed by atoms with Gasteiger partial charge in [0, 0.05) is 31.5 Å². The maximum atomic E-state index is 15.4. The van der Waals surface area contributed by atoms with Crippen molar-refractivity contribution >= 4 is 21.8 Å². The molecule has 0 aliphatic heterocycles. The van der Waals surface area contributed by atoms with Crippen molar-refractivity contribution in [1.82, 2.24) is 14.5 Å². The van der Waals surface area contributed by atoms with Crippen molar-refractivity contribution in [3.8, 4) is 16.9 Å². The van der Waals surface area contributed by atoms with Crippen LogP contribution in [0.15, 0.2) is 70.1 Å². The molecule has 1 amide bonds. The van der Waals surface area contributed by atoms with Gasteiger partial charge in [0.1, 0.15) is 11.6 Å². The number of carbonyl (C=O) groups is 1. The van der Waals surface area contributed by atoms with Gasteiger partial charge in [-0.25, -0.2) is 8.78 Å². The van der Waals surface area contributed by atoms with E-state index in [4.69, 9.17) is 0 Å². The van der Waals surface area contributed by atoms with Crippen LogP contribution in [-0.2, 0) is 0 Å². The predicted molar refractivity (Wildman–Crippen MR) is 147 cm³/mol. The molecule has 2 aromatic heterocycles. The molecule has 38 heavy (non-hydrogen) atoms. The van der Waals surface area contributed by atoms with E-state index in [2.05, 4.69) is 20.9 Å². The molecule has 0 saturated heterocycles. The van der Waals surface area contributed by atoms with Crippen molar-refractivity contribution in [3.63, 3.8) is 0 Å². The summed E-state index contributed by atoms with van der Waals surface area (Å²) in [6, 6.07) is 14.8. The molecule has 2 aromatic carbocycles. The van der Waals surface area contributed by atoms with Crippen LogP contribution in [-0.4, -0.2) is 34.5 Å². The quantitative estimate of drug-likeness (QED) is 0.271. The molecule has 0 N–H and O–H groups in total. The van der Waals surface area contributed by atoms with E-state index >= 15 is 4.39 Å². The second-order valence-electron chi connectivity index (χ2n) is 9.92. The fourth-order valence-electron chi connectivity index (χ4n) is 4.96. The van der Waals surface area contributed by atoms with E-state index in [-0.39, 0.29) is 34.3 Å². The Kier molecular flexibility index (Phi) is 6.77. The molecular weight excluding hydrogens is 552 g/mol. The first-order valence-corrected chi connectivity index (χ1v) is 13.0. The molecule has 2 heterocycles. The third-order valence-corrected chi connectivity index (χ3v) is 7.87. The van der Waals surface area contributed by atoms with Crippen LogP contribution in [0.25, 0.3) is 16.9 Å². The smallest absolute Gasteiger partial charge is 0.269 e. The van der Waals surface area contributed by atoms with Gasteiger partial charge in [0.25, 0.3) is 11.5 Å². The molecule has 0 spiro atoms. The molecule has 1 aliphatic carbocycles. The highest BCUT2D eigenvalue weighted by atomic mass is 79.9. The lowest BCUT2D eigenvalue weighted by Gasteiger charge is -2.17. The maximum Gasteiger partial charge on any atom is 0.269 e. The number of nitrogens with zero attached hydrogens (tertiary/aromatic N) is 3. The average Bonchev–Trinajstić information content (AvgIpc) is 3.68. The van der Waals surface area contributed by atoms with Gasteiger partial charge in [-0.05, 0) is 101 Å². The Morgan fingerprint density at radius 1 is 1.05 bits per heavy atom. The summed E-state index contributed by atoms with van der Waals surface area (Å²) in [4.78, 5) is 31.8. The van der Waals surface area contributed by atoms with Crippen LogP contribution in [0.2, 0.25) is 0 Å². The average molecular weight is 578 g/mol. The summed E-state index contributed by atoms with van der Waals surface area (Å²) in [6.45, 7) is 3.71. The Balaban J connectivity index is 1.55. The van der Waals surface area contributed by atoms with Crippen LogP contribution in [0.3, 0.4) is 0 Å². The highest BCUT2D eigenvalue weighted by Crippen LogP contribution is 2.55. The number of rotatable bonds is 5. The second kappa shape index (κ2) is 9.91. The van der Waals surface area contributed by atoms with E-state index in [1.54, 1.807) is 55.2 Å². The molecule has 0 radical (unpaired) electrons. The minimum absolute atomic E-state index is 0.0444. The number of aromatic nitrogens is 2. The molecule has 5 nitrogen and oxygen atoms in total. The van der Waals surface area contributed by atoms with Gasteiger partial charge >= 0.3 is 0 Å². The molecule has 194 valence electrons. The van der Waals surface area contributed by atoms with Crippen LogP contribution in [0.4, 0.5) is 8.78 Å². The highest BCUT2D eigenvalue weighted by Gasteiger charge is 2.41. The van der Waals surface area contributed by atoms with Gasteiger partial charge in [-0.1, -0.05) is 18.2 Å². The van der Waals surface area contributed by atoms with Gasteiger partial charge in [-0.15, -0.1) is 0 Å². The molecule has 0 unspecified atom stereocenters. The second-order valence-corrected chi connectivity index (χ2v) is 10.7. The minimum atomic E-state index is -0.658. The van der Waals surface area contributed by atoms with Crippen molar-refractivity contribution in [2.75, 3.05) is 14.1 Å². The molecule has 5 rings (SSSR count). The lowest BCUT2D eigenvalue weighted by molar-refractivity contribution is 0.0823. The topological polar surface area (TPSA) is 55.2 Å². The van der Waals surface area contributed by atoms with Gasteiger partial charge in [-0.2, -0.15) is 0 Å². The normalized spacial score (nSPS) is 16.4. The third kappa shape index (κ3) is 4.58. The Morgan fingerprint density at radius 2 is 1.76 bits per heavy atom. The summed E-state index contributed by atoms with van der Waals surface area (Å²) in [5, 5.41) is 0. The van der Waals surface area contributed by atoms with E-state index in [9.17, 15) is 14.0 Å². The lowest BCUT2D eigenvalue weighted by atomic mass is 10.0. The summed E-state index contributed by atoms with van der Waals surface area (Å²) < 4.78 is 30.8. The van der Waals surface area contributed by atoms with E-state index in [0.29, 0.717) is 15.9 Å². The Hall–Kier alpha value is -3.65. The number of amides is 1. The summed E-state index contributed by atoms with van der Waals surface area (Å²) in [7, 11) is 3.13. The van der Waals surface area contributed by atoms with Gasteiger partial charge in [-0.3, -0.25) is 19.1 Å². The standard InChI is InChI=1S/C30H26BrF2N3O2/c1-16-15-34-25(20-6-5-7-21(28(20)33)29(37)35(3)4)14-26(16)36-17(2)12-24(27(31)30(36)38)23-13-22(23)18-8-10-19(32)11-9-18/h5-12,14-15,22-23H,13H2,1-4H3/t22-,23+/m1/s1. The van der Waals surface area contributed by atoms with Gasteiger partial charge in [0.2, 0.25) is 0 Å². The van der Waals surface area contributed by atoms with Crippen LogP contribution < -0.4 is 5.56 Å². The zero-order valence-electron chi connectivity index (χ0n) is 21.4. The molecule has 2 atom stereocenters. The number of hydrogen-bond acceptors (Lipinski definition) is 3. The van der Waals surface area contributed by atoms with Crippen molar-refractivity contribution in [1.29, 1.82) is 0 Å². The zero-order chi connectivity index (χ0) is 27.3. The third-order valence-electron chi connectivity index (χ3n) is 7.08. The number of benzene rings is 2. The fourth-order valence-corrected chi connectivity index (χ4v) is 5.54. The van der Waals surface area contributed by atoms with Gasteiger partial charge < -0.3 is 4.90 Å². The molecular formula is C30H26BrF2N3O2. The molecule has 1 fully saturated rings. The summed E-state index contributed by atoms with van der Waals surface area (Å²) in [5.41, 5.74) is 4.27.